The SMILES string of the molecule is CCC1(C#N)CCSP1(=O)c1ccccc1. The summed E-state index contributed by atoms with van der Waals surface area (Å²) in [6, 6.07) is 11.8. The Bertz CT molecular complexity index is 468. The zero-order chi connectivity index (χ0) is 11.6. The lowest BCUT2D eigenvalue weighted by Crippen LogP contribution is -2.26. The molecular weight excluding hydrogens is 237 g/mol. The fourth-order valence-electron chi connectivity index (χ4n) is 2.15. The number of hydrogen-bond acceptors (Lipinski definition) is 3. The first-order valence-electron chi connectivity index (χ1n) is 5.40. The zero-order valence-corrected chi connectivity index (χ0v) is 10.9. The van der Waals surface area contributed by atoms with E-state index in [1.807, 2.05) is 37.3 Å². The van der Waals surface area contributed by atoms with E-state index in [1.165, 1.54) is 11.4 Å². The molecule has 0 N–H and O–H groups in total. The summed E-state index contributed by atoms with van der Waals surface area (Å²) in [6.45, 7) is 1.96. The Morgan fingerprint density at radius 2 is 2.19 bits per heavy atom. The Morgan fingerprint density at radius 1 is 1.50 bits per heavy atom. The van der Waals surface area contributed by atoms with Gasteiger partial charge in [-0.15, -0.1) is 0 Å². The van der Waals surface area contributed by atoms with Gasteiger partial charge in [0.05, 0.1) is 6.07 Å². The molecular formula is C12H14NOPS. The van der Waals surface area contributed by atoms with Crippen LogP contribution in [-0.4, -0.2) is 10.9 Å². The first kappa shape index (κ1) is 11.8. The molecule has 84 valence electrons. The minimum Gasteiger partial charge on any atom is -0.305 e. The van der Waals surface area contributed by atoms with E-state index in [2.05, 4.69) is 6.07 Å². The van der Waals surface area contributed by atoms with Crippen LogP contribution in [0, 0.1) is 11.3 Å². The second kappa shape index (κ2) is 4.28. The lowest BCUT2D eigenvalue weighted by molar-refractivity contribution is 0.559. The maximum absolute atomic E-state index is 13.1. The summed E-state index contributed by atoms with van der Waals surface area (Å²) in [5, 5.41) is 9.59. The number of benzene rings is 1. The van der Waals surface area contributed by atoms with Crippen molar-refractivity contribution in [2.45, 2.75) is 24.9 Å². The number of nitrogens with zero attached hydrogens (tertiary/aromatic N) is 1. The summed E-state index contributed by atoms with van der Waals surface area (Å²) in [4.78, 5) is 0. The van der Waals surface area contributed by atoms with Crippen molar-refractivity contribution in [2.24, 2.45) is 0 Å². The van der Waals surface area contributed by atoms with Crippen LogP contribution in [0.1, 0.15) is 19.8 Å². The molecule has 1 aromatic carbocycles. The second-order valence-electron chi connectivity index (χ2n) is 3.97. The minimum atomic E-state index is -2.61. The smallest absolute Gasteiger partial charge is 0.186 e. The van der Waals surface area contributed by atoms with E-state index in [9.17, 15) is 9.83 Å². The second-order valence-corrected chi connectivity index (χ2v) is 9.43. The normalized spacial score (nSPS) is 33.5. The Labute approximate surface area is 100 Å². The Balaban J connectivity index is 2.54. The van der Waals surface area contributed by atoms with Gasteiger partial charge < -0.3 is 4.57 Å². The van der Waals surface area contributed by atoms with Gasteiger partial charge in [0.1, 0.15) is 5.16 Å². The molecule has 2 atom stereocenters. The van der Waals surface area contributed by atoms with Crippen molar-refractivity contribution in [3.63, 3.8) is 0 Å². The zero-order valence-electron chi connectivity index (χ0n) is 9.22. The van der Waals surface area contributed by atoms with Crippen LogP contribution < -0.4 is 5.30 Å². The molecule has 1 aromatic rings. The summed E-state index contributed by atoms with van der Waals surface area (Å²) >= 11 is 1.49. The van der Waals surface area contributed by atoms with E-state index in [-0.39, 0.29) is 0 Å². The monoisotopic (exact) mass is 251 g/mol. The summed E-state index contributed by atoms with van der Waals surface area (Å²) in [5.41, 5.74) is 0. The quantitative estimate of drug-likeness (QED) is 0.756. The van der Waals surface area contributed by atoms with Crippen molar-refractivity contribution in [1.82, 2.24) is 0 Å². The maximum Gasteiger partial charge on any atom is 0.186 e. The first-order chi connectivity index (χ1) is 7.68. The third-order valence-electron chi connectivity index (χ3n) is 3.24. The molecule has 1 fully saturated rings. The molecule has 1 aliphatic heterocycles. The molecule has 1 aliphatic rings. The Kier molecular flexibility index (Phi) is 3.15. The lowest BCUT2D eigenvalue weighted by atomic mass is 10.0. The van der Waals surface area contributed by atoms with Gasteiger partial charge >= 0.3 is 0 Å². The van der Waals surface area contributed by atoms with Crippen molar-refractivity contribution in [2.75, 3.05) is 5.75 Å². The molecule has 2 rings (SSSR count). The molecule has 0 radical (unpaired) electrons. The molecule has 0 spiro atoms. The summed E-state index contributed by atoms with van der Waals surface area (Å²) in [7, 11) is 0. The summed E-state index contributed by atoms with van der Waals surface area (Å²) in [6.07, 6.45) is -1.19. The number of rotatable bonds is 2. The highest BCUT2D eigenvalue weighted by Crippen LogP contribution is 2.73. The lowest BCUT2D eigenvalue weighted by Gasteiger charge is -2.26. The van der Waals surface area contributed by atoms with Gasteiger partial charge in [0.15, 0.2) is 6.34 Å². The van der Waals surface area contributed by atoms with Gasteiger partial charge in [-0.25, -0.2) is 0 Å². The van der Waals surface area contributed by atoms with Crippen molar-refractivity contribution in [3.8, 4) is 6.07 Å². The highest BCUT2D eigenvalue weighted by atomic mass is 32.7. The van der Waals surface area contributed by atoms with E-state index in [0.29, 0.717) is 6.42 Å². The molecule has 4 heteroatoms. The Hall–Kier alpha value is -0.710. The van der Waals surface area contributed by atoms with Crippen LogP contribution in [-0.2, 0) is 4.57 Å². The highest BCUT2D eigenvalue weighted by Gasteiger charge is 2.53. The van der Waals surface area contributed by atoms with Gasteiger partial charge in [-0.1, -0.05) is 48.6 Å². The molecule has 0 saturated carbocycles. The molecule has 1 saturated heterocycles. The average Bonchev–Trinajstić information content (AvgIpc) is 2.69. The third-order valence-corrected chi connectivity index (χ3v) is 10.1. The summed E-state index contributed by atoms with van der Waals surface area (Å²) in [5.74, 6) is 0.827. The highest BCUT2D eigenvalue weighted by molar-refractivity contribution is 8.61. The van der Waals surface area contributed by atoms with Crippen LogP contribution >= 0.6 is 17.7 Å². The predicted molar refractivity (Wildman–Crippen MR) is 69.4 cm³/mol. The Morgan fingerprint density at radius 3 is 2.75 bits per heavy atom. The fourth-order valence-corrected chi connectivity index (χ4v) is 8.79. The van der Waals surface area contributed by atoms with Gasteiger partial charge in [-0.05, 0) is 12.8 Å². The standard InChI is InChI=1S/C12H14NOPS/c1-2-12(10-13)8-9-16-15(12,14)11-6-4-3-5-7-11/h3-7H,2,8-9H2,1H3. The molecule has 0 bridgehead atoms. The van der Waals surface area contributed by atoms with Gasteiger partial charge in [-0.2, -0.15) is 5.26 Å². The van der Waals surface area contributed by atoms with Crippen LogP contribution in [0.4, 0.5) is 0 Å². The van der Waals surface area contributed by atoms with E-state index in [1.54, 1.807) is 0 Å². The van der Waals surface area contributed by atoms with Crippen molar-refractivity contribution in [1.29, 1.82) is 5.26 Å². The molecule has 1 heterocycles. The molecule has 0 amide bonds. The predicted octanol–water partition coefficient (Wildman–Crippen LogP) is 3.40. The van der Waals surface area contributed by atoms with Crippen LogP contribution in [0.5, 0.6) is 0 Å². The fraction of sp³-hybridized carbons (Fsp3) is 0.417. The largest absolute Gasteiger partial charge is 0.305 e. The van der Waals surface area contributed by atoms with E-state index >= 15 is 0 Å². The van der Waals surface area contributed by atoms with Crippen molar-refractivity contribution >= 4 is 23.0 Å². The number of hydrogen-bond donors (Lipinski definition) is 0. The van der Waals surface area contributed by atoms with E-state index < -0.39 is 11.5 Å². The molecule has 2 nitrogen and oxygen atoms in total. The first-order valence-corrected chi connectivity index (χ1v) is 8.70. The summed E-state index contributed by atoms with van der Waals surface area (Å²) < 4.78 is 13.1. The third kappa shape index (κ3) is 1.52. The molecule has 2 unspecified atom stereocenters. The van der Waals surface area contributed by atoms with Gasteiger partial charge in [0.25, 0.3) is 0 Å². The van der Waals surface area contributed by atoms with Crippen molar-refractivity contribution < 1.29 is 4.57 Å². The van der Waals surface area contributed by atoms with E-state index in [4.69, 9.17) is 0 Å². The van der Waals surface area contributed by atoms with Crippen LogP contribution in [0.15, 0.2) is 30.3 Å². The van der Waals surface area contributed by atoms with E-state index in [0.717, 1.165) is 17.5 Å². The van der Waals surface area contributed by atoms with Gasteiger partial charge in [-0.3, -0.25) is 0 Å². The molecule has 0 aliphatic carbocycles. The topological polar surface area (TPSA) is 40.9 Å². The van der Waals surface area contributed by atoms with Gasteiger partial charge in [0.2, 0.25) is 0 Å². The van der Waals surface area contributed by atoms with Crippen LogP contribution in [0.2, 0.25) is 0 Å². The maximum atomic E-state index is 13.1. The van der Waals surface area contributed by atoms with Gasteiger partial charge in [0, 0.05) is 11.1 Å². The number of nitriles is 1. The van der Waals surface area contributed by atoms with Crippen LogP contribution in [0.25, 0.3) is 0 Å². The minimum absolute atomic E-state index is 0.640. The average molecular weight is 251 g/mol. The molecule has 16 heavy (non-hydrogen) atoms. The van der Waals surface area contributed by atoms with Crippen LogP contribution in [0.3, 0.4) is 0 Å². The molecule has 0 aromatic heterocycles. The van der Waals surface area contributed by atoms with Crippen molar-refractivity contribution in [3.05, 3.63) is 30.3 Å².